The van der Waals surface area contributed by atoms with E-state index >= 15 is 0 Å². The van der Waals surface area contributed by atoms with E-state index in [9.17, 15) is 14.4 Å². The average molecular weight is 453 g/mol. The van der Waals surface area contributed by atoms with Crippen LogP contribution in [0.1, 0.15) is 18.9 Å². The Bertz CT molecular complexity index is 1140. The lowest BCUT2D eigenvalue weighted by atomic mass is 9.92. The Morgan fingerprint density at radius 2 is 1.70 bits per heavy atom. The van der Waals surface area contributed by atoms with Gasteiger partial charge in [0.25, 0.3) is 5.91 Å². The van der Waals surface area contributed by atoms with E-state index in [0.29, 0.717) is 41.9 Å². The maximum absolute atomic E-state index is 13.1. The molecule has 33 heavy (non-hydrogen) atoms. The molecule has 0 saturated carbocycles. The summed E-state index contributed by atoms with van der Waals surface area (Å²) in [6.07, 6.45) is 1.02. The molecule has 0 aliphatic carbocycles. The third-order valence-electron chi connectivity index (χ3n) is 5.67. The number of carbonyl (C=O) groups excluding carboxylic acids is 3. The van der Waals surface area contributed by atoms with Crippen LogP contribution in [-0.4, -0.2) is 54.8 Å². The van der Waals surface area contributed by atoms with E-state index in [-0.39, 0.29) is 13.2 Å². The van der Waals surface area contributed by atoms with Crippen molar-refractivity contribution in [2.24, 2.45) is 0 Å². The fraction of sp³-hybridized carbons (Fsp3) is 0.348. The number of rotatable bonds is 5. The molecule has 0 aromatic heterocycles. The minimum Gasteiger partial charge on any atom is -0.490 e. The number of benzene rings is 2. The number of imide groups is 1. The first-order valence-corrected chi connectivity index (χ1v) is 10.6. The predicted octanol–water partition coefficient (Wildman–Crippen LogP) is 2.07. The molecule has 10 nitrogen and oxygen atoms in total. The Balaban J connectivity index is 1.24. The van der Waals surface area contributed by atoms with Gasteiger partial charge in [0.1, 0.15) is 12.1 Å². The maximum atomic E-state index is 13.1. The predicted molar refractivity (Wildman–Crippen MR) is 116 cm³/mol. The molecule has 3 aliphatic rings. The van der Waals surface area contributed by atoms with Gasteiger partial charge in [-0.25, -0.2) is 4.79 Å². The number of anilines is 1. The van der Waals surface area contributed by atoms with Crippen LogP contribution in [0.3, 0.4) is 0 Å². The van der Waals surface area contributed by atoms with E-state index < -0.39 is 29.9 Å². The number of ether oxygens (including phenoxy) is 4. The molecule has 0 radical (unpaired) electrons. The SMILES string of the molecule is C[C@@]1(Cc2ccc3c(c2)OCO3)NC(=O)N(CC(=O)Nc2ccc3c(c2)OCCCO3)C1=O. The fourth-order valence-electron chi connectivity index (χ4n) is 4.05. The second-order valence-electron chi connectivity index (χ2n) is 8.28. The Hall–Kier alpha value is -3.95. The summed E-state index contributed by atoms with van der Waals surface area (Å²) in [7, 11) is 0. The van der Waals surface area contributed by atoms with Crippen molar-refractivity contribution >= 4 is 23.5 Å². The number of hydrogen-bond acceptors (Lipinski definition) is 7. The molecular weight excluding hydrogens is 430 g/mol. The zero-order valence-electron chi connectivity index (χ0n) is 18.0. The number of carbonyl (C=O) groups is 3. The van der Waals surface area contributed by atoms with Gasteiger partial charge in [0, 0.05) is 24.6 Å². The quantitative estimate of drug-likeness (QED) is 0.666. The van der Waals surface area contributed by atoms with Crippen LogP contribution in [0, 0.1) is 0 Å². The molecule has 0 bridgehead atoms. The van der Waals surface area contributed by atoms with Crippen molar-refractivity contribution in [2.45, 2.75) is 25.3 Å². The molecule has 1 atom stereocenters. The molecule has 2 aromatic rings. The number of nitrogens with zero attached hydrogens (tertiary/aromatic N) is 1. The van der Waals surface area contributed by atoms with E-state index in [4.69, 9.17) is 18.9 Å². The lowest BCUT2D eigenvalue weighted by molar-refractivity contribution is -0.133. The molecule has 1 saturated heterocycles. The van der Waals surface area contributed by atoms with Crippen LogP contribution in [0.2, 0.25) is 0 Å². The topological polar surface area (TPSA) is 115 Å². The Labute approximate surface area is 189 Å². The van der Waals surface area contributed by atoms with Gasteiger partial charge in [-0.3, -0.25) is 14.5 Å². The van der Waals surface area contributed by atoms with Crippen LogP contribution < -0.4 is 29.6 Å². The number of nitrogens with one attached hydrogen (secondary N) is 2. The zero-order valence-corrected chi connectivity index (χ0v) is 18.0. The van der Waals surface area contributed by atoms with Gasteiger partial charge in [-0.15, -0.1) is 0 Å². The lowest BCUT2D eigenvalue weighted by Crippen LogP contribution is -2.46. The Morgan fingerprint density at radius 3 is 2.55 bits per heavy atom. The van der Waals surface area contributed by atoms with Crippen molar-refractivity contribution < 1.29 is 33.3 Å². The van der Waals surface area contributed by atoms with Gasteiger partial charge in [0.05, 0.1) is 13.2 Å². The van der Waals surface area contributed by atoms with Crippen LogP contribution in [0.4, 0.5) is 10.5 Å². The first-order chi connectivity index (χ1) is 15.9. The third-order valence-corrected chi connectivity index (χ3v) is 5.67. The summed E-state index contributed by atoms with van der Waals surface area (Å²) in [5, 5.41) is 5.42. The molecule has 3 aliphatic heterocycles. The normalized spacial score (nSPS) is 20.9. The number of amides is 4. The van der Waals surface area contributed by atoms with E-state index in [0.717, 1.165) is 16.9 Å². The highest BCUT2D eigenvalue weighted by Gasteiger charge is 2.48. The summed E-state index contributed by atoms with van der Waals surface area (Å²) in [5.74, 6) is 1.41. The number of hydrogen-bond donors (Lipinski definition) is 2. The van der Waals surface area contributed by atoms with Gasteiger partial charge in [0.2, 0.25) is 12.7 Å². The largest absolute Gasteiger partial charge is 0.490 e. The highest BCUT2D eigenvalue weighted by Crippen LogP contribution is 2.34. The minimum atomic E-state index is -1.18. The average Bonchev–Trinajstić information content (AvgIpc) is 3.22. The van der Waals surface area contributed by atoms with Crippen molar-refractivity contribution in [1.82, 2.24) is 10.2 Å². The van der Waals surface area contributed by atoms with E-state index in [2.05, 4.69) is 10.6 Å². The zero-order chi connectivity index (χ0) is 23.0. The summed E-state index contributed by atoms with van der Waals surface area (Å²) in [4.78, 5) is 39.1. The van der Waals surface area contributed by atoms with Crippen LogP contribution >= 0.6 is 0 Å². The Morgan fingerprint density at radius 1 is 1.00 bits per heavy atom. The van der Waals surface area contributed by atoms with E-state index in [1.165, 1.54) is 0 Å². The summed E-state index contributed by atoms with van der Waals surface area (Å²) in [6, 6.07) is 9.81. The summed E-state index contributed by atoms with van der Waals surface area (Å²) in [5.41, 5.74) is 0.105. The van der Waals surface area contributed by atoms with Crippen molar-refractivity contribution in [3.8, 4) is 23.0 Å². The second kappa shape index (κ2) is 8.19. The van der Waals surface area contributed by atoms with E-state index in [1.807, 2.05) is 6.07 Å². The third kappa shape index (κ3) is 4.11. The smallest absolute Gasteiger partial charge is 0.325 e. The first kappa shape index (κ1) is 20.9. The van der Waals surface area contributed by atoms with Crippen LogP contribution in [0.5, 0.6) is 23.0 Å². The molecule has 0 spiro atoms. The van der Waals surface area contributed by atoms with Gasteiger partial charge in [-0.05, 0) is 36.8 Å². The molecule has 3 heterocycles. The monoisotopic (exact) mass is 453 g/mol. The molecular formula is C23H23N3O7. The van der Waals surface area contributed by atoms with Crippen molar-refractivity contribution in [1.29, 1.82) is 0 Å². The lowest BCUT2D eigenvalue weighted by Gasteiger charge is -2.22. The minimum absolute atomic E-state index is 0.151. The van der Waals surface area contributed by atoms with Crippen LogP contribution in [0.25, 0.3) is 0 Å². The van der Waals surface area contributed by atoms with E-state index in [1.54, 1.807) is 37.3 Å². The summed E-state index contributed by atoms with van der Waals surface area (Å²) in [6.45, 7) is 2.47. The fourth-order valence-corrected chi connectivity index (χ4v) is 4.05. The van der Waals surface area contributed by atoms with Crippen LogP contribution in [0.15, 0.2) is 36.4 Å². The molecule has 5 rings (SSSR count). The molecule has 172 valence electrons. The standard InChI is InChI=1S/C23H23N3O7/c1-23(11-14-3-5-17-18(9-14)33-13-32-17)21(28)26(22(29)25-23)12-20(27)24-15-4-6-16-19(10-15)31-8-2-7-30-16/h3-6,9-10H,2,7-8,11-13H2,1H3,(H,24,27)(H,25,29)/t23-/m0/s1. The Kier molecular flexibility index (Phi) is 5.20. The van der Waals surface area contributed by atoms with Crippen LogP contribution in [-0.2, 0) is 16.0 Å². The summed E-state index contributed by atoms with van der Waals surface area (Å²) < 4.78 is 21.9. The van der Waals surface area contributed by atoms with Crippen molar-refractivity contribution in [3.05, 3.63) is 42.0 Å². The molecule has 4 amide bonds. The first-order valence-electron chi connectivity index (χ1n) is 10.6. The molecule has 1 fully saturated rings. The second-order valence-corrected chi connectivity index (χ2v) is 8.28. The molecule has 2 N–H and O–H groups in total. The van der Waals surface area contributed by atoms with Gasteiger partial charge >= 0.3 is 6.03 Å². The van der Waals surface area contributed by atoms with Gasteiger partial charge < -0.3 is 29.6 Å². The summed E-state index contributed by atoms with van der Waals surface area (Å²) >= 11 is 0. The number of fused-ring (bicyclic) bond motifs is 2. The van der Waals surface area contributed by atoms with Gasteiger partial charge in [-0.2, -0.15) is 0 Å². The van der Waals surface area contributed by atoms with Crippen molar-refractivity contribution in [2.75, 3.05) is 31.9 Å². The highest BCUT2D eigenvalue weighted by atomic mass is 16.7. The molecule has 0 unspecified atom stereocenters. The molecule has 10 heteroatoms. The van der Waals surface area contributed by atoms with Gasteiger partial charge in [0.15, 0.2) is 23.0 Å². The maximum Gasteiger partial charge on any atom is 0.325 e. The van der Waals surface area contributed by atoms with Crippen molar-refractivity contribution in [3.63, 3.8) is 0 Å². The van der Waals surface area contributed by atoms with Gasteiger partial charge in [-0.1, -0.05) is 6.07 Å². The molecule has 2 aromatic carbocycles. The highest BCUT2D eigenvalue weighted by molar-refractivity contribution is 6.10. The number of urea groups is 1.